The summed E-state index contributed by atoms with van der Waals surface area (Å²) in [5.74, 6) is -3.98. The van der Waals surface area contributed by atoms with Crippen LogP contribution in [0.1, 0.15) is 41.7 Å². The highest BCUT2D eigenvalue weighted by molar-refractivity contribution is 5.89. The maximum absolute atomic E-state index is 8.50. The summed E-state index contributed by atoms with van der Waals surface area (Å²) >= 11 is 0. The number of hydrogen-bond acceptors (Lipinski definition) is 3. The summed E-state index contributed by atoms with van der Waals surface area (Å²) in [6.07, 6.45) is -1.92. The van der Waals surface area contributed by atoms with Crippen LogP contribution in [0.2, 0.25) is 0 Å². The van der Waals surface area contributed by atoms with Gasteiger partial charge in [0.05, 0.1) is 11.9 Å². The molecule has 1 aliphatic rings. The fourth-order valence-corrected chi connectivity index (χ4v) is 2.86. The normalized spacial score (nSPS) is 35.5. The van der Waals surface area contributed by atoms with Gasteiger partial charge >= 0.3 is 0 Å². The molecule has 0 aliphatic heterocycles. The molecule has 0 saturated heterocycles. The van der Waals surface area contributed by atoms with Crippen LogP contribution in [-0.2, 0) is 0 Å². The van der Waals surface area contributed by atoms with E-state index in [1.54, 1.807) is 18.5 Å². The Morgan fingerprint density at radius 2 is 2.46 bits per heavy atom. The minimum Gasteiger partial charge on any atom is -0.346 e. The quantitative estimate of drug-likeness (QED) is 0.743. The maximum Gasteiger partial charge on any atom is 0.237 e. The van der Waals surface area contributed by atoms with Gasteiger partial charge in [0, 0.05) is 32.9 Å². The number of fused-ring (bicyclic) bond motifs is 1. The van der Waals surface area contributed by atoms with Gasteiger partial charge in [0.1, 0.15) is 18.0 Å². The second-order valence-electron chi connectivity index (χ2n) is 5.60. The molecule has 3 heterocycles. The number of nitrogens with zero attached hydrogens (tertiary/aromatic N) is 5. The van der Waals surface area contributed by atoms with Crippen molar-refractivity contribution >= 4 is 11.0 Å². The van der Waals surface area contributed by atoms with Crippen LogP contribution in [0.4, 0.5) is 0 Å². The van der Waals surface area contributed by atoms with Gasteiger partial charge in [0.25, 0.3) is 0 Å². The average molecular weight is 327 g/mol. The molecular weight excluding hydrogens is 300 g/mol. The van der Waals surface area contributed by atoms with Crippen LogP contribution in [0.25, 0.3) is 27.1 Å². The summed E-state index contributed by atoms with van der Waals surface area (Å²) in [6.45, 7) is 8.08. The minimum absolute atomic E-state index is 0.319. The van der Waals surface area contributed by atoms with Crippen LogP contribution >= 0.6 is 0 Å². The van der Waals surface area contributed by atoms with Crippen molar-refractivity contribution in [3.8, 4) is 11.3 Å². The third-order valence-corrected chi connectivity index (χ3v) is 4.02. The molecule has 3 aromatic heterocycles. The standard InChI is InChI=1S/C18H20N6/c1-12-3-4-13(7-12)16(9-19-2)24-10-14(8-23-24)17-15-5-6-20-18(15)22-11-21-17/h5-6,8,10-13,16H,3-4,7,9H2,1H3,(H,20,21,22)/t12?,13?,16-/m1/s1/i3D2,4D2,7D2,12D. The Hall–Kier alpha value is -2.68. The Balaban J connectivity index is 1.83. The van der Waals surface area contributed by atoms with Crippen molar-refractivity contribution in [1.82, 2.24) is 24.7 Å². The van der Waals surface area contributed by atoms with E-state index in [2.05, 4.69) is 24.9 Å². The highest BCUT2D eigenvalue weighted by Gasteiger charge is 2.32. The molecule has 0 bridgehead atoms. The van der Waals surface area contributed by atoms with Crippen molar-refractivity contribution in [2.45, 2.75) is 32.1 Å². The van der Waals surface area contributed by atoms with E-state index in [1.165, 1.54) is 17.2 Å². The zero-order chi connectivity index (χ0) is 22.8. The van der Waals surface area contributed by atoms with E-state index in [0.717, 1.165) is 12.3 Å². The van der Waals surface area contributed by atoms with Gasteiger partial charge in [-0.2, -0.15) is 5.10 Å². The summed E-state index contributed by atoms with van der Waals surface area (Å²) in [7, 11) is 0. The molecule has 122 valence electrons. The SMILES string of the molecule is [2H]C1([2H])C([C@@H](C[N+]#[C-])n2cc(-c3ncnc4[nH]ccc34)cn2)C([2H])([2H])C([2H])(C)C1([2H])[2H]. The largest absolute Gasteiger partial charge is 0.346 e. The molecule has 0 amide bonds. The summed E-state index contributed by atoms with van der Waals surface area (Å²) in [6, 6.07) is 0.675. The van der Waals surface area contributed by atoms with Crippen molar-refractivity contribution in [2.24, 2.45) is 11.8 Å². The van der Waals surface area contributed by atoms with Gasteiger partial charge in [-0.25, -0.2) is 16.5 Å². The third-order valence-electron chi connectivity index (χ3n) is 4.02. The van der Waals surface area contributed by atoms with E-state index < -0.39 is 37.0 Å². The third kappa shape index (κ3) is 2.56. The molecule has 3 atom stereocenters. The van der Waals surface area contributed by atoms with E-state index in [0.29, 0.717) is 16.9 Å². The van der Waals surface area contributed by atoms with E-state index >= 15 is 0 Å². The summed E-state index contributed by atoms with van der Waals surface area (Å²) in [4.78, 5) is 14.8. The first-order chi connectivity index (χ1) is 14.4. The van der Waals surface area contributed by atoms with Crippen molar-refractivity contribution in [1.29, 1.82) is 0 Å². The molecule has 1 N–H and O–H groups in total. The number of nitrogens with one attached hydrogen (secondary N) is 1. The monoisotopic (exact) mass is 327 g/mol. The van der Waals surface area contributed by atoms with Crippen molar-refractivity contribution < 1.29 is 9.60 Å². The summed E-state index contributed by atoms with van der Waals surface area (Å²) in [5, 5.41) is 5.00. The highest BCUT2D eigenvalue weighted by Crippen LogP contribution is 2.38. The topological polar surface area (TPSA) is 63.8 Å². The fourth-order valence-electron chi connectivity index (χ4n) is 2.86. The lowest BCUT2D eigenvalue weighted by atomic mass is 9.97. The Labute approximate surface area is 150 Å². The average Bonchev–Trinajstić information content (AvgIpc) is 3.37. The molecule has 1 saturated carbocycles. The predicted molar refractivity (Wildman–Crippen MR) is 92.1 cm³/mol. The van der Waals surface area contributed by atoms with Crippen LogP contribution in [-0.4, -0.2) is 31.3 Å². The molecule has 1 aliphatic carbocycles. The zero-order valence-corrected chi connectivity index (χ0v) is 13.0. The lowest BCUT2D eigenvalue weighted by Gasteiger charge is -2.19. The van der Waals surface area contributed by atoms with Crippen LogP contribution in [0.15, 0.2) is 31.0 Å². The Kier molecular flexibility index (Phi) is 2.27. The molecule has 6 heteroatoms. The summed E-state index contributed by atoms with van der Waals surface area (Å²) < 4.78 is 60.0. The lowest BCUT2D eigenvalue weighted by Crippen LogP contribution is -2.20. The molecule has 1 fully saturated rings. The van der Waals surface area contributed by atoms with Gasteiger partial charge < -0.3 is 9.83 Å². The Morgan fingerprint density at radius 1 is 1.54 bits per heavy atom. The minimum atomic E-state index is -2.78. The zero-order valence-electron chi connectivity index (χ0n) is 20.0. The van der Waals surface area contributed by atoms with Crippen molar-refractivity contribution in [3.05, 3.63) is 42.4 Å². The molecule has 0 aromatic carbocycles. The molecule has 4 rings (SSSR count). The fraction of sp³-hybridized carbons (Fsp3) is 0.444. The predicted octanol–water partition coefficient (Wildman–Crippen LogP) is 3.72. The first-order valence-corrected chi connectivity index (χ1v) is 7.54. The van der Waals surface area contributed by atoms with Gasteiger partial charge in [-0.3, -0.25) is 4.68 Å². The first kappa shape index (κ1) is 8.97. The molecule has 0 spiro atoms. The maximum atomic E-state index is 8.50. The van der Waals surface area contributed by atoms with E-state index in [9.17, 15) is 0 Å². The lowest BCUT2D eigenvalue weighted by molar-refractivity contribution is 0.322. The number of hydrogen-bond donors (Lipinski definition) is 1. The second kappa shape index (κ2) is 6.08. The van der Waals surface area contributed by atoms with Crippen LogP contribution in [0.3, 0.4) is 0 Å². The van der Waals surface area contributed by atoms with Crippen molar-refractivity contribution in [2.75, 3.05) is 6.54 Å². The van der Waals surface area contributed by atoms with E-state index in [-0.39, 0.29) is 6.54 Å². The first-order valence-electron chi connectivity index (χ1n) is 11.0. The van der Waals surface area contributed by atoms with Crippen LogP contribution in [0.5, 0.6) is 0 Å². The van der Waals surface area contributed by atoms with E-state index in [1.807, 2.05) is 0 Å². The van der Waals surface area contributed by atoms with Gasteiger partial charge in [-0.05, 0) is 30.6 Å². The number of aromatic nitrogens is 5. The van der Waals surface area contributed by atoms with Gasteiger partial charge in [0.2, 0.25) is 6.54 Å². The highest BCUT2D eigenvalue weighted by atomic mass is 15.3. The molecule has 0 radical (unpaired) electrons. The van der Waals surface area contributed by atoms with Crippen LogP contribution in [0, 0.1) is 18.4 Å². The van der Waals surface area contributed by atoms with Crippen LogP contribution < -0.4 is 0 Å². The van der Waals surface area contributed by atoms with Gasteiger partial charge in [0.15, 0.2) is 0 Å². The Bertz CT molecular complexity index is 1150. The van der Waals surface area contributed by atoms with Crippen molar-refractivity contribution in [3.63, 3.8) is 0 Å². The molecule has 6 nitrogen and oxygen atoms in total. The van der Waals surface area contributed by atoms with Gasteiger partial charge in [-0.1, -0.05) is 13.3 Å². The molecule has 3 aromatic rings. The van der Waals surface area contributed by atoms with E-state index in [4.69, 9.17) is 16.2 Å². The summed E-state index contributed by atoms with van der Waals surface area (Å²) in [5.41, 5.74) is 1.76. The molecular formula is C18H20N6. The number of H-pyrrole nitrogens is 1. The van der Waals surface area contributed by atoms with Gasteiger partial charge in [-0.15, -0.1) is 0 Å². The molecule has 2 unspecified atom stereocenters. The Morgan fingerprint density at radius 3 is 3.25 bits per heavy atom. The second-order valence-corrected chi connectivity index (χ2v) is 5.60. The number of aromatic amines is 1. The smallest absolute Gasteiger partial charge is 0.237 e. The molecule has 24 heavy (non-hydrogen) atoms. The number of rotatable bonds is 4.